The van der Waals surface area contributed by atoms with Crippen LogP contribution < -0.4 is 11.1 Å². The maximum atomic E-state index is 13.5. The second-order valence-corrected chi connectivity index (χ2v) is 9.34. The Kier molecular flexibility index (Phi) is 6.91. The van der Waals surface area contributed by atoms with Crippen molar-refractivity contribution in [1.82, 2.24) is 24.9 Å². The zero-order valence-corrected chi connectivity index (χ0v) is 20.7. The number of nitrogen functional groups attached to an aromatic ring is 1. The van der Waals surface area contributed by atoms with Crippen LogP contribution in [0, 0.1) is 11.7 Å². The van der Waals surface area contributed by atoms with Gasteiger partial charge in [-0.2, -0.15) is 5.10 Å². The molecule has 1 saturated carbocycles. The third-order valence-electron chi connectivity index (χ3n) is 7.00. The number of anilines is 1. The lowest BCUT2D eigenvalue weighted by atomic mass is 9.81. The molecule has 2 aromatic carbocycles. The Balaban J connectivity index is 1.36. The van der Waals surface area contributed by atoms with Crippen molar-refractivity contribution in [1.29, 1.82) is 0 Å². The molecule has 2 heterocycles. The van der Waals surface area contributed by atoms with E-state index in [-0.39, 0.29) is 35.7 Å². The lowest BCUT2D eigenvalue weighted by Crippen LogP contribution is -2.23. The first-order valence-electron chi connectivity index (χ1n) is 12.3. The van der Waals surface area contributed by atoms with Gasteiger partial charge in [0.2, 0.25) is 0 Å². The molecule has 10 nitrogen and oxygen atoms in total. The normalized spacial score (nSPS) is 17.3. The number of ether oxygens (including phenoxy) is 1. The van der Waals surface area contributed by atoms with Crippen molar-refractivity contribution in [3.8, 4) is 17.0 Å². The van der Waals surface area contributed by atoms with Gasteiger partial charge in [0.15, 0.2) is 5.82 Å². The molecule has 0 bridgehead atoms. The summed E-state index contributed by atoms with van der Waals surface area (Å²) in [5, 5.41) is 16.9. The maximum absolute atomic E-state index is 13.5. The summed E-state index contributed by atoms with van der Waals surface area (Å²) in [7, 11) is 1.41. The number of carbonyl (C=O) groups is 2. The number of phenols is 1. The van der Waals surface area contributed by atoms with E-state index in [4.69, 9.17) is 15.5 Å². The highest BCUT2D eigenvalue weighted by Gasteiger charge is 2.31. The minimum atomic E-state index is -0.608. The average Bonchev–Trinajstić information content (AvgIpc) is 3.34. The van der Waals surface area contributed by atoms with Gasteiger partial charge in [-0.15, -0.1) is 0 Å². The predicted octanol–water partition coefficient (Wildman–Crippen LogP) is 3.60. The van der Waals surface area contributed by atoms with Crippen LogP contribution in [0.2, 0.25) is 0 Å². The Labute approximate surface area is 217 Å². The van der Waals surface area contributed by atoms with Crippen LogP contribution in [0.4, 0.5) is 10.2 Å². The summed E-state index contributed by atoms with van der Waals surface area (Å²) >= 11 is 0. The van der Waals surface area contributed by atoms with Gasteiger partial charge in [0.05, 0.1) is 18.6 Å². The van der Waals surface area contributed by atoms with Crippen LogP contribution in [0.1, 0.15) is 53.3 Å². The number of esters is 1. The highest BCUT2D eigenvalue weighted by molar-refractivity contribution is 5.96. The molecule has 4 aromatic rings. The number of amides is 1. The monoisotopic (exact) mass is 518 g/mol. The van der Waals surface area contributed by atoms with Gasteiger partial charge in [-0.3, -0.25) is 9.59 Å². The molecule has 0 unspecified atom stereocenters. The van der Waals surface area contributed by atoms with Crippen molar-refractivity contribution in [2.24, 2.45) is 5.92 Å². The van der Waals surface area contributed by atoms with E-state index in [1.54, 1.807) is 4.52 Å². The SMILES string of the molecule is COC(=O)[C@H]1CC[C@H](c2nc(-c3ccc(CNC(=O)c4cc(F)ccc4O)cc3)c3c(N)ncnn32)CC1. The van der Waals surface area contributed by atoms with Crippen LogP contribution >= 0.6 is 0 Å². The Morgan fingerprint density at radius 3 is 2.61 bits per heavy atom. The number of aromatic hydroxyl groups is 1. The van der Waals surface area contributed by atoms with Gasteiger partial charge >= 0.3 is 5.97 Å². The van der Waals surface area contributed by atoms with Crippen molar-refractivity contribution >= 4 is 23.2 Å². The quantitative estimate of drug-likeness (QED) is 0.329. The molecule has 0 saturated heterocycles. The summed E-state index contributed by atoms with van der Waals surface area (Å²) < 4.78 is 20.1. The molecular formula is C27H27FN6O4. The van der Waals surface area contributed by atoms with E-state index < -0.39 is 11.7 Å². The summed E-state index contributed by atoms with van der Waals surface area (Å²) in [6.45, 7) is 0.180. The van der Waals surface area contributed by atoms with Crippen LogP contribution in [-0.2, 0) is 16.1 Å². The molecule has 11 heteroatoms. The van der Waals surface area contributed by atoms with Gasteiger partial charge in [-0.05, 0) is 49.4 Å². The van der Waals surface area contributed by atoms with Crippen LogP contribution in [0.5, 0.6) is 5.75 Å². The fourth-order valence-corrected chi connectivity index (χ4v) is 4.94. The number of carbonyl (C=O) groups excluding carboxylic acids is 2. The lowest BCUT2D eigenvalue weighted by Gasteiger charge is -2.25. The number of hydrogen-bond donors (Lipinski definition) is 3. The van der Waals surface area contributed by atoms with Gasteiger partial charge in [-0.25, -0.2) is 18.9 Å². The number of nitrogens with two attached hydrogens (primary N) is 1. The van der Waals surface area contributed by atoms with Gasteiger partial charge < -0.3 is 20.9 Å². The van der Waals surface area contributed by atoms with Crippen molar-refractivity contribution in [3.63, 3.8) is 0 Å². The van der Waals surface area contributed by atoms with E-state index in [9.17, 15) is 19.1 Å². The second-order valence-electron chi connectivity index (χ2n) is 9.34. The number of aromatic nitrogens is 4. The minimum absolute atomic E-state index is 0.0976. The molecule has 0 atom stereocenters. The molecule has 1 amide bonds. The molecule has 0 aliphatic heterocycles. The molecule has 2 aromatic heterocycles. The largest absolute Gasteiger partial charge is 0.507 e. The predicted molar refractivity (Wildman–Crippen MR) is 137 cm³/mol. The van der Waals surface area contributed by atoms with Crippen LogP contribution in [-0.4, -0.2) is 43.7 Å². The maximum Gasteiger partial charge on any atom is 0.308 e. The molecule has 1 aliphatic carbocycles. The van der Waals surface area contributed by atoms with E-state index in [0.717, 1.165) is 60.8 Å². The van der Waals surface area contributed by atoms with Gasteiger partial charge in [-0.1, -0.05) is 24.3 Å². The number of rotatable bonds is 6. The number of halogens is 1. The molecule has 4 N–H and O–H groups in total. The molecule has 5 rings (SSSR count). The average molecular weight is 519 g/mol. The minimum Gasteiger partial charge on any atom is -0.507 e. The zero-order chi connectivity index (χ0) is 26.8. The highest BCUT2D eigenvalue weighted by Crippen LogP contribution is 2.38. The van der Waals surface area contributed by atoms with E-state index in [0.29, 0.717) is 17.0 Å². The van der Waals surface area contributed by atoms with E-state index in [1.807, 2.05) is 24.3 Å². The standard InChI is InChI=1S/C27H27FN6O4/c1-38-27(37)18-8-6-17(7-9-18)25-33-22(23-24(29)31-14-32-34(23)25)16-4-2-15(3-5-16)13-30-26(36)20-12-19(28)10-11-21(20)35/h2-5,10-12,14,17-18,35H,6-9,13H2,1H3,(H,30,36)(H2,29,31,32)/t17-,18-. The van der Waals surface area contributed by atoms with Crippen molar-refractivity contribution < 1.29 is 23.8 Å². The van der Waals surface area contributed by atoms with Crippen LogP contribution in [0.3, 0.4) is 0 Å². The number of nitrogens with zero attached hydrogens (tertiary/aromatic N) is 4. The lowest BCUT2D eigenvalue weighted by molar-refractivity contribution is -0.146. The molecule has 1 aliphatic rings. The Bertz CT molecular complexity index is 1500. The number of hydrogen-bond acceptors (Lipinski definition) is 8. The van der Waals surface area contributed by atoms with Gasteiger partial charge in [0, 0.05) is 18.0 Å². The first-order valence-corrected chi connectivity index (χ1v) is 12.3. The first kappa shape index (κ1) is 25.1. The molecular weight excluding hydrogens is 491 g/mol. The highest BCUT2D eigenvalue weighted by atomic mass is 19.1. The molecule has 38 heavy (non-hydrogen) atoms. The number of phenolic OH excluding ortho intramolecular Hbond substituents is 1. The van der Waals surface area contributed by atoms with Crippen LogP contribution in [0.15, 0.2) is 48.8 Å². The summed E-state index contributed by atoms with van der Waals surface area (Å²) in [5.74, 6) is -0.555. The molecule has 0 spiro atoms. The number of fused-ring (bicyclic) bond motifs is 1. The third-order valence-corrected chi connectivity index (χ3v) is 7.00. The Morgan fingerprint density at radius 1 is 1.16 bits per heavy atom. The van der Waals surface area contributed by atoms with Gasteiger partial charge in [0.1, 0.15) is 34.9 Å². The second kappa shape index (κ2) is 10.4. The Morgan fingerprint density at radius 2 is 1.89 bits per heavy atom. The fraction of sp³-hybridized carbons (Fsp3) is 0.296. The topological polar surface area (TPSA) is 145 Å². The zero-order valence-electron chi connectivity index (χ0n) is 20.7. The summed E-state index contributed by atoms with van der Waals surface area (Å²) in [5.41, 5.74) is 8.97. The van der Waals surface area contributed by atoms with E-state index in [1.165, 1.54) is 13.4 Å². The van der Waals surface area contributed by atoms with E-state index in [2.05, 4.69) is 15.4 Å². The number of benzene rings is 2. The smallest absolute Gasteiger partial charge is 0.308 e. The summed E-state index contributed by atoms with van der Waals surface area (Å²) in [4.78, 5) is 33.4. The molecule has 0 radical (unpaired) electrons. The molecule has 1 fully saturated rings. The Hall–Kier alpha value is -4.54. The summed E-state index contributed by atoms with van der Waals surface area (Å²) in [6.07, 6.45) is 4.40. The van der Waals surface area contributed by atoms with E-state index >= 15 is 0 Å². The van der Waals surface area contributed by atoms with Gasteiger partial charge in [0.25, 0.3) is 5.91 Å². The first-order chi connectivity index (χ1) is 18.4. The number of nitrogens with one attached hydrogen (secondary N) is 1. The van der Waals surface area contributed by atoms with Crippen molar-refractivity contribution in [3.05, 3.63) is 71.6 Å². The van der Waals surface area contributed by atoms with Crippen molar-refractivity contribution in [2.45, 2.75) is 38.1 Å². The van der Waals surface area contributed by atoms with Crippen molar-refractivity contribution in [2.75, 3.05) is 12.8 Å². The summed E-state index contributed by atoms with van der Waals surface area (Å²) in [6, 6.07) is 10.6. The number of methoxy groups -OCH3 is 1. The number of imidazole rings is 1. The fourth-order valence-electron chi connectivity index (χ4n) is 4.94. The van der Waals surface area contributed by atoms with Crippen LogP contribution in [0.25, 0.3) is 16.8 Å². The third kappa shape index (κ3) is 4.86. The molecule has 196 valence electrons.